The van der Waals surface area contributed by atoms with Crippen molar-refractivity contribution in [2.75, 3.05) is 26.9 Å². The maximum Gasteiger partial charge on any atom is 0.0808 e. The Bertz CT molecular complexity index is 758. The lowest BCUT2D eigenvalue weighted by atomic mass is 10.1. The summed E-state index contributed by atoms with van der Waals surface area (Å²) in [6.45, 7) is 1.96. The number of aliphatic hydroxyl groups excluding tert-OH is 2. The molecule has 5 heteroatoms. The van der Waals surface area contributed by atoms with Gasteiger partial charge in [-0.3, -0.25) is 0 Å². The second kappa shape index (κ2) is 15.5. The molecule has 0 heterocycles. The fourth-order valence-corrected chi connectivity index (χ4v) is 2.92. The van der Waals surface area contributed by atoms with E-state index in [9.17, 15) is 10.2 Å². The molecule has 0 fully saturated rings. The monoisotopic (exact) mass is 426 g/mol. The molecule has 2 rings (SSSR count). The molecule has 0 amide bonds. The lowest BCUT2D eigenvalue weighted by Crippen LogP contribution is -2.14. The van der Waals surface area contributed by atoms with Crippen LogP contribution in [0, 0.1) is 0 Å². The van der Waals surface area contributed by atoms with Crippen LogP contribution in [-0.2, 0) is 27.4 Å². The molecule has 0 unspecified atom stereocenters. The Morgan fingerprint density at radius 3 is 1.84 bits per heavy atom. The molecule has 2 aromatic carbocycles. The van der Waals surface area contributed by atoms with E-state index < -0.39 is 12.2 Å². The van der Waals surface area contributed by atoms with Crippen LogP contribution in [-0.4, -0.2) is 49.4 Å². The molecular weight excluding hydrogens is 392 g/mol. The van der Waals surface area contributed by atoms with Crippen LogP contribution in [0.15, 0.2) is 84.5 Å². The molecule has 0 saturated carbocycles. The average Bonchev–Trinajstić information content (AvgIpc) is 2.79. The molecule has 0 radical (unpaired) electrons. The van der Waals surface area contributed by atoms with E-state index in [2.05, 4.69) is 0 Å². The smallest absolute Gasteiger partial charge is 0.0808 e. The Hall–Kier alpha value is -2.28. The van der Waals surface area contributed by atoms with Gasteiger partial charge < -0.3 is 24.4 Å². The van der Waals surface area contributed by atoms with Gasteiger partial charge in [0.2, 0.25) is 0 Å². The van der Waals surface area contributed by atoms with Crippen LogP contribution in [0.25, 0.3) is 0 Å². The number of ether oxygens (including phenoxy) is 3. The summed E-state index contributed by atoms with van der Waals surface area (Å²) in [5.41, 5.74) is 3.11. The summed E-state index contributed by atoms with van der Waals surface area (Å²) in [5, 5.41) is 20.3. The molecule has 31 heavy (non-hydrogen) atoms. The third kappa shape index (κ3) is 11.6. The third-order valence-electron chi connectivity index (χ3n) is 4.55. The minimum Gasteiger partial charge on any atom is -0.390 e. The van der Waals surface area contributed by atoms with Crippen LogP contribution in [0.5, 0.6) is 0 Å². The summed E-state index contributed by atoms with van der Waals surface area (Å²) in [5.74, 6) is 0. The van der Waals surface area contributed by atoms with Gasteiger partial charge in [-0.15, -0.1) is 0 Å². The average molecular weight is 427 g/mol. The van der Waals surface area contributed by atoms with Gasteiger partial charge in [-0.2, -0.15) is 0 Å². The van der Waals surface area contributed by atoms with Crippen LogP contribution in [0.1, 0.15) is 24.0 Å². The van der Waals surface area contributed by atoms with Crippen molar-refractivity contribution in [3.05, 3.63) is 95.6 Å². The number of rotatable bonds is 15. The summed E-state index contributed by atoms with van der Waals surface area (Å²) in [6.07, 6.45) is 5.57. The van der Waals surface area contributed by atoms with E-state index in [1.807, 2.05) is 78.9 Å². The van der Waals surface area contributed by atoms with Gasteiger partial charge in [0.25, 0.3) is 0 Å². The first-order valence-electron chi connectivity index (χ1n) is 10.6. The molecule has 0 aliphatic heterocycles. The Labute approximate surface area is 185 Å². The van der Waals surface area contributed by atoms with Crippen molar-refractivity contribution in [2.24, 2.45) is 0 Å². The minimum atomic E-state index is -0.582. The van der Waals surface area contributed by atoms with Gasteiger partial charge in [0, 0.05) is 7.11 Å². The van der Waals surface area contributed by atoms with E-state index in [0.717, 1.165) is 16.7 Å². The van der Waals surface area contributed by atoms with Crippen molar-refractivity contribution < 1.29 is 24.4 Å². The highest BCUT2D eigenvalue weighted by atomic mass is 16.5. The van der Waals surface area contributed by atoms with Crippen LogP contribution in [0.2, 0.25) is 0 Å². The Balaban J connectivity index is 1.66. The van der Waals surface area contributed by atoms with Crippen LogP contribution in [0.3, 0.4) is 0 Å². The normalized spacial score (nSPS) is 14.1. The van der Waals surface area contributed by atoms with Crippen molar-refractivity contribution in [1.82, 2.24) is 0 Å². The fourth-order valence-electron chi connectivity index (χ4n) is 2.92. The molecule has 0 spiro atoms. The molecule has 0 bridgehead atoms. The van der Waals surface area contributed by atoms with Crippen molar-refractivity contribution in [2.45, 2.75) is 38.3 Å². The highest BCUT2D eigenvalue weighted by Gasteiger charge is 2.05. The first-order chi connectivity index (χ1) is 15.2. The first kappa shape index (κ1) is 25.0. The lowest BCUT2D eigenvalue weighted by molar-refractivity contribution is 0.0298. The number of benzene rings is 2. The molecule has 168 valence electrons. The molecule has 0 aliphatic rings. The molecule has 0 aliphatic carbocycles. The molecule has 2 atom stereocenters. The molecular formula is C26H34O5. The van der Waals surface area contributed by atoms with Crippen molar-refractivity contribution in [3.63, 3.8) is 0 Å². The predicted molar refractivity (Wildman–Crippen MR) is 123 cm³/mol. The van der Waals surface area contributed by atoms with Crippen LogP contribution in [0.4, 0.5) is 0 Å². The van der Waals surface area contributed by atoms with Gasteiger partial charge in [0.05, 0.1) is 45.2 Å². The molecule has 2 aromatic rings. The number of hydrogen-bond donors (Lipinski definition) is 2. The molecule has 0 aromatic heterocycles. The van der Waals surface area contributed by atoms with E-state index >= 15 is 0 Å². The highest BCUT2D eigenvalue weighted by molar-refractivity contribution is 5.19. The highest BCUT2D eigenvalue weighted by Crippen LogP contribution is 2.08. The number of hydrogen-bond acceptors (Lipinski definition) is 5. The lowest BCUT2D eigenvalue weighted by Gasteiger charge is -2.11. The zero-order chi connectivity index (χ0) is 22.2. The minimum absolute atomic E-state index is 0.271. The summed E-state index contributed by atoms with van der Waals surface area (Å²) < 4.78 is 16.4. The largest absolute Gasteiger partial charge is 0.390 e. The van der Waals surface area contributed by atoms with E-state index in [-0.39, 0.29) is 13.2 Å². The van der Waals surface area contributed by atoms with Gasteiger partial charge in [-0.25, -0.2) is 0 Å². The summed E-state index contributed by atoms with van der Waals surface area (Å²) >= 11 is 0. The zero-order valence-electron chi connectivity index (χ0n) is 18.2. The van der Waals surface area contributed by atoms with Crippen LogP contribution < -0.4 is 0 Å². The first-order valence-corrected chi connectivity index (χ1v) is 10.6. The Morgan fingerprint density at radius 2 is 1.32 bits per heavy atom. The van der Waals surface area contributed by atoms with Gasteiger partial charge in [0.1, 0.15) is 0 Å². The summed E-state index contributed by atoms with van der Waals surface area (Å²) in [4.78, 5) is 0. The van der Waals surface area contributed by atoms with Gasteiger partial charge in [-0.05, 0) is 29.5 Å². The molecule has 0 saturated heterocycles. The standard InChI is InChI=1S/C26H34O5/c1-29-17-24(15-16-26(28)21-31-19-23-11-6-3-7-12-23)13-8-14-25(27)20-30-18-22-9-4-2-5-10-22/h2-13,15,25-28H,14,16-21H2,1H3/b13-8+,24-15-/t25-,26-/m1/s1. The van der Waals surface area contributed by atoms with Crippen molar-refractivity contribution in [3.8, 4) is 0 Å². The van der Waals surface area contributed by atoms with Crippen molar-refractivity contribution >= 4 is 0 Å². The van der Waals surface area contributed by atoms with E-state index in [4.69, 9.17) is 14.2 Å². The maximum absolute atomic E-state index is 10.2. The molecule has 2 N–H and O–H groups in total. The van der Waals surface area contributed by atoms with E-state index in [0.29, 0.717) is 32.7 Å². The Kier molecular flexibility index (Phi) is 12.5. The van der Waals surface area contributed by atoms with E-state index in [1.54, 1.807) is 7.11 Å². The second-order valence-corrected chi connectivity index (χ2v) is 7.39. The maximum atomic E-state index is 10.2. The summed E-state index contributed by atoms with van der Waals surface area (Å²) in [6, 6.07) is 19.8. The topological polar surface area (TPSA) is 68.2 Å². The Morgan fingerprint density at radius 1 is 0.806 bits per heavy atom. The van der Waals surface area contributed by atoms with Gasteiger partial charge in [0.15, 0.2) is 0 Å². The fraction of sp³-hybridized carbons (Fsp3) is 0.385. The van der Waals surface area contributed by atoms with Crippen molar-refractivity contribution in [1.29, 1.82) is 0 Å². The van der Waals surface area contributed by atoms with Gasteiger partial charge in [-0.1, -0.05) is 78.9 Å². The second-order valence-electron chi connectivity index (χ2n) is 7.39. The zero-order valence-corrected chi connectivity index (χ0v) is 18.2. The molecule has 5 nitrogen and oxygen atoms in total. The number of methoxy groups -OCH3 is 1. The van der Waals surface area contributed by atoms with Gasteiger partial charge >= 0.3 is 0 Å². The van der Waals surface area contributed by atoms with E-state index in [1.165, 1.54) is 0 Å². The quantitative estimate of drug-likeness (QED) is 0.421. The SMILES string of the molecule is COCC(=C\C[C@@H](O)COCc1ccccc1)/C=C/C[C@@H](O)COCc1ccccc1. The number of aliphatic hydroxyl groups is 2. The van der Waals surface area contributed by atoms with Crippen LogP contribution >= 0.6 is 0 Å². The summed E-state index contributed by atoms with van der Waals surface area (Å²) in [7, 11) is 1.63. The predicted octanol–water partition coefficient (Wildman–Crippen LogP) is 4.05. The third-order valence-corrected chi connectivity index (χ3v) is 4.55.